The van der Waals surface area contributed by atoms with Crippen LogP contribution in [0.5, 0.6) is 0 Å². The fourth-order valence-electron chi connectivity index (χ4n) is 2.51. The molecule has 1 heterocycles. The van der Waals surface area contributed by atoms with Crippen LogP contribution in [0.3, 0.4) is 0 Å². The van der Waals surface area contributed by atoms with Crippen molar-refractivity contribution in [3.8, 4) is 0 Å². The Bertz CT molecular complexity index is 485. The number of rotatable bonds is 7. The van der Waals surface area contributed by atoms with Gasteiger partial charge in [-0.3, -0.25) is 19.4 Å². The number of carboxylic acids is 1. The molecule has 1 amide bonds. The minimum absolute atomic E-state index is 0.0312. The van der Waals surface area contributed by atoms with Crippen LogP contribution in [0, 0.1) is 0 Å². The minimum Gasteiger partial charge on any atom is -0.481 e. The van der Waals surface area contributed by atoms with Gasteiger partial charge in [-0.2, -0.15) is 0 Å². The summed E-state index contributed by atoms with van der Waals surface area (Å²) >= 11 is 0. The molecule has 1 aromatic carbocycles. The number of amides is 1. The molecule has 0 radical (unpaired) electrons. The van der Waals surface area contributed by atoms with Gasteiger partial charge in [0.25, 0.3) is 0 Å². The third-order valence-corrected chi connectivity index (χ3v) is 3.74. The van der Waals surface area contributed by atoms with E-state index >= 15 is 0 Å². The van der Waals surface area contributed by atoms with Crippen molar-refractivity contribution in [3.63, 3.8) is 0 Å². The average molecular weight is 305 g/mol. The standard InChI is InChI=1S/C16H23N3O3/c20-15(17-7-6-16(21)22)13-19-10-8-18(9-11-19)12-14-4-2-1-3-5-14/h1-5H,6-13H2,(H,17,20)(H,21,22). The zero-order valence-corrected chi connectivity index (χ0v) is 12.7. The molecule has 1 aromatic rings. The summed E-state index contributed by atoms with van der Waals surface area (Å²) < 4.78 is 0. The molecular formula is C16H23N3O3. The second-order valence-electron chi connectivity index (χ2n) is 5.53. The quantitative estimate of drug-likeness (QED) is 0.763. The molecule has 6 nitrogen and oxygen atoms in total. The van der Waals surface area contributed by atoms with Gasteiger partial charge in [-0.1, -0.05) is 30.3 Å². The maximum atomic E-state index is 11.7. The number of benzene rings is 1. The van der Waals surface area contributed by atoms with Crippen molar-refractivity contribution >= 4 is 11.9 Å². The number of hydrogen-bond donors (Lipinski definition) is 2. The van der Waals surface area contributed by atoms with Crippen LogP contribution in [-0.2, 0) is 16.1 Å². The van der Waals surface area contributed by atoms with Gasteiger partial charge in [-0.15, -0.1) is 0 Å². The van der Waals surface area contributed by atoms with Crippen LogP contribution in [0.2, 0.25) is 0 Å². The molecule has 22 heavy (non-hydrogen) atoms. The van der Waals surface area contributed by atoms with Crippen LogP contribution in [0.4, 0.5) is 0 Å². The number of hydrogen-bond acceptors (Lipinski definition) is 4. The van der Waals surface area contributed by atoms with Gasteiger partial charge >= 0.3 is 5.97 Å². The van der Waals surface area contributed by atoms with Crippen LogP contribution in [0.25, 0.3) is 0 Å². The van der Waals surface area contributed by atoms with Crippen LogP contribution >= 0.6 is 0 Å². The number of aliphatic carboxylic acids is 1. The third kappa shape index (κ3) is 5.83. The van der Waals surface area contributed by atoms with E-state index in [2.05, 4.69) is 27.2 Å². The van der Waals surface area contributed by atoms with E-state index in [-0.39, 0.29) is 18.9 Å². The number of nitrogens with zero attached hydrogens (tertiary/aromatic N) is 2. The molecule has 0 atom stereocenters. The maximum Gasteiger partial charge on any atom is 0.305 e. The summed E-state index contributed by atoms with van der Waals surface area (Å²) in [5, 5.41) is 11.2. The van der Waals surface area contributed by atoms with Gasteiger partial charge < -0.3 is 10.4 Å². The SMILES string of the molecule is O=C(O)CCNC(=O)CN1CCN(Cc2ccccc2)CC1. The molecule has 2 N–H and O–H groups in total. The molecule has 1 aliphatic heterocycles. The Morgan fingerprint density at radius 3 is 2.32 bits per heavy atom. The molecule has 0 bridgehead atoms. The van der Waals surface area contributed by atoms with Gasteiger partial charge in [0.05, 0.1) is 13.0 Å². The first-order chi connectivity index (χ1) is 10.6. The van der Waals surface area contributed by atoms with E-state index in [0.717, 1.165) is 32.7 Å². The molecule has 0 saturated carbocycles. The molecule has 2 rings (SSSR count). The first-order valence-corrected chi connectivity index (χ1v) is 7.60. The lowest BCUT2D eigenvalue weighted by Gasteiger charge is -2.34. The lowest BCUT2D eigenvalue weighted by atomic mass is 10.2. The zero-order valence-electron chi connectivity index (χ0n) is 12.7. The molecule has 120 valence electrons. The van der Waals surface area contributed by atoms with Crippen LogP contribution in [0.15, 0.2) is 30.3 Å². The summed E-state index contributed by atoms with van der Waals surface area (Å²) in [5.41, 5.74) is 1.31. The zero-order chi connectivity index (χ0) is 15.8. The van der Waals surface area contributed by atoms with E-state index in [1.807, 2.05) is 18.2 Å². The number of carboxylic acid groups (broad SMARTS) is 1. The summed E-state index contributed by atoms with van der Waals surface area (Å²) in [4.78, 5) is 26.6. The predicted molar refractivity (Wildman–Crippen MR) is 83.4 cm³/mol. The van der Waals surface area contributed by atoms with E-state index in [9.17, 15) is 9.59 Å². The second kappa shape index (κ2) is 8.51. The Morgan fingerprint density at radius 2 is 1.68 bits per heavy atom. The normalized spacial score (nSPS) is 16.4. The number of carbonyl (C=O) groups is 2. The molecule has 0 aliphatic carbocycles. The fourth-order valence-corrected chi connectivity index (χ4v) is 2.51. The lowest BCUT2D eigenvalue weighted by Crippen LogP contribution is -2.49. The smallest absolute Gasteiger partial charge is 0.305 e. The summed E-state index contributed by atoms with van der Waals surface area (Å²) in [7, 11) is 0. The molecule has 1 aliphatic rings. The van der Waals surface area contributed by atoms with Crippen molar-refractivity contribution in [3.05, 3.63) is 35.9 Å². The first kappa shape index (κ1) is 16.5. The molecule has 0 spiro atoms. The number of carbonyl (C=O) groups excluding carboxylic acids is 1. The average Bonchev–Trinajstić information content (AvgIpc) is 2.50. The maximum absolute atomic E-state index is 11.7. The van der Waals surface area contributed by atoms with Crippen molar-refractivity contribution in [1.29, 1.82) is 0 Å². The number of piperazine rings is 1. The van der Waals surface area contributed by atoms with Crippen molar-refractivity contribution in [1.82, 2.24) is 15.1 Å². The van der Waals surface area contributed by atoms with Crippen LogP contribution in [-0.4, -0.2) is 66.1 Å². The molecule has 0 unspecified atom stereocenters. The van der Waals surface area contributed by atoms with Gasteiger partial charge in [0.1, 0.15) is 0 Å². The van der Waals surface area contributed by atoms with Gasteiger partial charge in [-0.05, 0) is 5.56 Å². The monoisotopic (exact) mass is 305 g/mol. The lowest BCUT2D eigenvalue weighted by molar-refractivity contribution is -0.136. The Morgan fingerprint density at radius 1 is 1.05 bits per heavy atom. The van der Waals surface area contributed by atoms with E-state index in [1.54, 1.807) is 0 Å². The summed E-state index contributed by atoms with van der Waals surface area (Å²) in [6.07, 6.45) is -0.0312. The second-order valence-corrected chi connectivity index (χ2v) is 5.53. The van der Waals surface area contributed by atoms with Gasteiger partial charge in [0, 0.05) is 39.3 Å². The van der Waals surface area contributed by atoms with E-state index in [1.165, 1.54) is 5.56 Å². The summed E-state index contributed by atoms with van der Waals surface area (Å²) in [6, 6.07) is 10.4. The highest BCUT2D eigenvalue weighted by molar-refractivity contribution is 5.78. The Hall–Kier alpha value is -1.92. The topological polar surface area (TPSA) is 72.9 Å². The Kier molecular flexibility index (Phi) is 6.36. The summed E-state index contributed by atoms with van der Waals surface area (Å²) in [5.74, 6) is -0.993. The predicted octanol–water partition coefficient (Wildman–Crippen LogP) is 0.395. The Balaban J connectivity index is 1.64. The molecule has 1 saturated heterocycles. The fraction of sp³-hybridized carbons (Fsp3) is 0.500. The summed E-state index contributed by atoms with van der Waals surface area (Å²) in [6.45, 7) is 5.09. The van der Waals surface area contributed by atoms with E-state index in [4.69, 9.17) is 5.11 Å². The van der Waals surface area contributed by atoms with Crippen LogP contribution < -0.4 is 5.32 Å². The van der Waals surface area contributed by atoms with Gasteiger partial charge in [0.2, 0.25) is 5.91 Å². The van der Waals surface area contributed by atoms with Crippen molar-refractivity contribution < 1.29 is 14.7 Å². The van der Waals surface area contributed by atoms with Crippen molar-refractivity contribution in [2.24, 2.45) is 0 Å². The number of nitrogens with one attached hydrogen (secondary N) is 1. The van der Waals surface area contributed by atoms with E-state index in [0.29, 0.717) is 6.54 Å². The minimum atomic E-state index is -0.894. The third-order valence-electron chi connectivity index (χ3n) is 3.74. The van der Waals surface area contributed by atoms with Crippen molar-refractivity contribution in [2.75, 3.05) is 39.3 Å². The molecule has 1 fully saturated rings. The van der Waals surface area contributed by atoms with Crippen molar-refractivity contribution in [2.45, 2.75) is 13.0 Å². The Labute approximate surface area is 130 Å². The van der Waals surface area contributed by atoms with Gasteiger partial charge in [-0.25, -0.2) is 0 Å². The van der Waals surface area contributed by atoms with E-state index < -0.39 is 5.97 Å². The van der Waals surface area contributed by atoms with Crippen LogP contribution in [0.1, 0.15) is 12.0 Å². The molecule has 0 aromatic heterocycles. The first-order valence-electron chi connectivity index (χ1n) is 7.60. The highest BCUT2D eigenvalue weighted by atomic mass is 16.4. The van der Waals surface area contributed by atoms with Gasteiger partial charge in [0.15, 0.2) is 0 Å². The molecule has 6 heteroatoms. The highest BCUT2D eigenvalue weighted by Crippen LogP contribution is 2.08. The highest BCUT2D eigenvalue weighted by Gasteiger charge is 2.18. The largest absolute Gasteiger partial charge is 0.481 e. The molecular weight excluding hydrogens is 282 g/mol.